The fraction of sp³-hybridized carbons (Fsp3) is 0.222. The molecule has 9 nitrogen and oxygen atoms in total. The van der Waals surface area contributed by atoms with Crippen molar-refractivity contribution < 1.29 is 29.0 Å². The van der Waals surface area contributed by atoms with Gasteiger partial charge in [-0.25, -0.2) is 23.9 Å². The van der Waals surface area contributed by atoms with Crippen LogP contribution in [0.3, 0.4) is 0 Å². The van der Waals surface area contributed by atoms with Crippen molar-refractivity contribution in [3.63, 3.8) is 0 Å². The number of aliphatic carboxylic acids is 2. The van der Waals surface area contributed by atoms with E-state index >= 15 is 0 Å². The average molecular weight is 539 g/mol. The van der Waals surface area contributed by atoms with Crippen LogP contribution in [0.15, 0.2) is 72.0 Å². The fourth-order valence-corrected chi connectivity index (χ4v) is 4.52. The van der Waals surface area contributed by atoms with Crippen molar-refractivity contribution in [2.75, 3.05) is 0 Å². The number of carboxylic acid groups (broad SMARTS) is 2. The van der Waals surface area contributed by atoms with Crippen molar-refractivity contribution in [2.24, 2.45) is 0 Å². The molecule has 0 saturated carbocycles. The smallest absolute Gasteiger partial charge is 0.414 e. The van der Waals surface area contributed by atoms with Crippen LogP contribution in [0.1, 0.15) is 36.1 Å². The second kappa shape index (κ2) is 13.3. The Morgan fingerprint density at radius 3 is 2.24 bits per heavy atom. The van der Waals surface area contributed by atoms with Gasteiger partial charge in [-0.1, -0.05) is 60.6 Å². The van der Waals surface area contributed by atoms with E-state index in [1.165, 1.54) is 29.5 Å². The number of aromatic nitrogens is 3. The number of hydrogen-bond acceptors (Lipinski definition) is 6. The number of rotatable bonds is 8. The van der Waals surface area contributed by atoms with E-state index in [1.807, 2.05) is 54.8 Å². The highest BCUT2D eigenvalue weighted by Crippen LogP contribution is 2.30. The molecular weight excluding hydrogens is 511 g/mol. The van der Waals surface area contributed by atoms with Crippen LogP contribution in [0.4, 0.5) is 4.39 Å². The third-order valence-electron chi connectivity index (χ3n) is 5.47. The first kappa shape index (κ1) is 28.3. The lowest BCUT2D eigenvalue weighted by atomic mass is 10.1. The summed E-state index contributed by atoms with van der Waals surface area (Å²) in [6.07, 6.45) is 2.32. The molecule has 2 heterocycles. The number of carboxylic acids is 2. The number of aryl methyl sites for hydroxylation is 1. The number of pyridine rings is 1. The van der Waals surface area contributed by atoms with E-state index in [-0.39, 0.29) is 11.7 Å². The minimum atomic E-state index is -1.82. The summed E-state index contributed by atoms with van der Waals surface area (Å²) in [5.41, 5.74) is 4.66. The molecule has 38 heavy (non-hydrogen) atoms. The molecule has 1 amide bonds. The first-order valence-electron chi connectivity index (χ1n) is 11.7. The maximum atomic E-state index is 13.2. The summed E-state index contributed by atoms with van der Waals surface area (Å²) in [5.74, 6) is -3.36. The maximum absolute atomic E-state index is 13.2. The van der Waals surface area contributed by atoms with Gasteiger partial charge in [0.2, 0.25) is 5.91 Å². The zero-order chi connectivity index (χ0) is 27.7. The lowest BCUT2D eigenvalue weighted by molar-refractivity contribution is -0.159. The largest absolute Gasteiger partial charge is 0.473 e. The molecule has 11 heteroatoms. The monoisotopic (exact) mass is 538 g/mol. The highest BCUT2D eigenvalue weighted by Gasteiger charge is 2.25. The number of amides is 1. The molecule has 0 fully saturated rings. The van der Waals surface area contributed by atoms with E-state index in [2.05, 4.69) is 10.3 Å². The molecule has 2 aromatic carbocycles. The Kier molecular flexibility index (Phi) is 9.94. The predicted octanol–water partition coefficient (Wildman–Crippen LogP) is 4.59. The quantitative estimate of drug-likeness (QED) is 0.219. The molecule has 4 aromatic rings. The van der Waals surface area contributed by atoms with E-state index < -0.39 is 18.0 Å². The van der Waals surface area contributed by atoms with Gasteiger partial charge in [-0.3, -0.25) is 9.36 Å². The van der Waals surface area contributed by atoms with E-state index in [4.69, 9.17) is 24.8 Å². The molecule has 1 atom stereocenters. The van der Waals surface area contributed by atoms with Gasteiger partial charge in [0, 0.05) is 18.5 Å². The van der Waals surface area contributed by atoms with E-state index in [1.54, 1.807) is 18.3 Å². The Labute approximate surface area is 222 Å². The third kappa shape index (κ3) is 7.62. The Hall–Kier alpha value is -4.25. The number of halogens is 1. The van der Waals surface area contributed by atoms with Crippen LogP contribution in [0, 0.1) is 12.7 Å². The molecule has 2 aromatic heterocycles. The van der Waals surface area contributed by atoms with Crippen LogP contribution in [0.2, 0.25) is 0 Å². The number of nitrogens with zero attached hydrogens (tertiary/aromatic N) is 3. The van der Waals surface area contributed by atoms with Crippen LogP contribution < -0.4 is 5.32 Å². The highest BCUT2D eigenvalue weighted by molar-refractivity contribution is 7.98. The summed E-state index contributed by atoms with van der Waals surface area (Å²) in [6, 6.07) is 17.9. The van der Waals surface area contributed by atoms with Crippen molar-refractivity contribution >= 4 is 40.8 Å². The highest BCUT2D eigenvalue weighted by atomic mass is 32.2. The molecule has 198 valence electrons. The summed E-state index contributed by atoms with van der Waals surface area (Å²) < 4.78 is 15.2. The van der Waals surface area contributed by atoms with Crippen LogP contribution >= 0.6 is 11.8 Å². The zero-order valence-corrected chi connectivity index (χ0v) is 21.6. The lowest BCUT2D eigenvalue weighted by Gasteiger charge is -2.19. The number of nitrogens with one attached hydrogen (secondary N) is 1. The molecule has 0 spiro atoms. The molecule has 0 aliphatic rings. The van der Waals surface area contributed by atoms with Gasteiger partial charge in [-0.2, -0.15) is 0 Å². The zero-order valence-electron chi connectivity index (χ0n) is 20.8. The van der Waals surface area contributed by atoms with Crippen molar-refractivity contribution in [3.05, 3.63) is 89.4 Å². The molecule has 4 rings (SSSR count). The number of carbonyl (C=O) groups excluding carboxylic acids is 1. The second-order valence-corrected chi connectivity index (χ2v) is 9.21. The van der Waals surface area contributed by atoms with Gasteiger partial charge in [-0.15, -0.1) is 0 Å². The standard InChI is InChI=1S/C25H25FN4OS.C2H2O4/c1-3-22(24(31)28-15-18-8-6-17(2)7-9-18)30-23-21(5-4-14-27-23)29-25(30)32-16-19-10-12-20(26)13-11-19;3-1(4)2(5)6/h4-14,22H,3,15-16H2,1-2H3,(H,28,31);(H,3,4)(H,5,6). The van der Waals surface area contributed by atoms with Gasteiger partial charge in [0.15, 0.2) is 10.8 Å². The number of fused-ring (bicyclic) bond motifs is 1. The first-order valence-corrected chi connectivity index (χ1v) is 12.7. The maximum Gasteiger partial charge on any atom is 0.414 e. The van der Waals surface area contributed by atoms with Gasteiger partial charge in [0.25, 0.3) is 0 Å². The summed E-state index contributed by atoms with van der Waals surface area (Å²) in [7, 11) is 0. The molecule has 0 aliphatic carbocycles. The first-order chi connectivity index (χ1) is 18.2. The number of carbonyl (C=O) groups is 3. The van der Waals surface area contributed by atoms with Gasteiger partial charge in [0.05, 0.1) is 0 Å². The number of thioether (sulfide) groups is 1. The minimum absolute atomic E-state index is 0.0679. The topological polar surface area (TPSA) is 134 Å². The van der Waals surface area contributed by atoms with E-state index in [0.29, 0.717) is 24.4 Å². The summed E-state index contributed by atoms with van der Waals surface area (Å²) in [6.45, 7) is 4.49. The van der Waals surface area contributed by atoms with Gasteiger partial charge in [0.1, 0.15) is 17.4 Å². The summed E-state index contributed by atoms with van der Waals surface area (Å²) in [5, 5.41) is 18.6. The van der Waals surface area contributed by atoms with Crippen LogP contribution in [0.5, 0.6) is 0 Å². The SMILES string of the molecule is CCC(C(=O)NCc1ccc(C)cc1)n1c(SCc2ccc(F)cc2)nc2cccnc21.O=C(O)C(=O)O. The molecule has 0 aliphatic heterocycles. The molecule has 0 bridgehead atoms. The Bertz CT molecular complexity index is 1400. The van der Waals surface area contributed by atoms with Crippen molar-refractivity contribution in [3.8, 4) is 0 Å². The molecular formula is C27H27FN4O5S. The third-order valence-corrected chi connectivity index (χ3v) is 6.49. The van der Waals surface area contributed by atoms with Crippen molar-refractivity contribution in [1.29, 1.82) is 0 Å². The van der Waals surface area contributed by atoms with E-state index in [0.717, 1.165) is 21.8 Å². The van der Waals surface area contributed by atoms with Gasteiger partial charge in [-0.05, 0) is 48.7 Å². The number of benzene rings is 2. The van der Waals surface area contributed by atoms with E-state index in [9.17, 15) is 9.18 Å². The number of imidazole rings is 1. The number of hydrogen-bond donors (Lipinski definition) is 3. The fourth-order valence-electron chi connectivity index (χ4n) is 3.52. The minimum Gasteiger partial charge on any atom is -0.473 e. The van der Waals surface area contributed by atoms with Crippen molar-refractivity contribution in [2.45, 2.75) is 43.8 Å². The predicted molar refractivity (Wildman–Crippen MR) is 141 cm³/mol. The Balaban J connectivity index is 0.000000599. The van der Waals surface area contributed by atoms with Crippen LogP contribution in [0.25, 0.3) is 11.2 Å². The lowest BCUT2D eigenvalue weighted by Crippen LogP contribution is -2.32. The summed E-state index contributed by atoms with van der Waals surface area (Å²) >= 11 is 1.52. The second-order valence-electron chi connectivity index (χ2n) is 8.26. The van der Waals surface area contributed by atoms with Crippen LogP contribution in [-0.4, -0.2) is 42.6 Å². The summed E-state index contributed by atoms with van der Waals surface area (Å²) in [4.78, 5) is 40.6. The molecule has 1 unspecified atom stereocenters. The Morgan fingerprint density at radius 1 is 1.00 bits per heavy atom. The molecule has 0 saturated heterocycles. The molecule has 3 N–H and O–H groups in total. The van der Waals surface area contributed by atoms with Gasteiger partial charge >= 0.3 is 11.9 Å². The average Bonchev–Trinajstić information content (AvgIpc) is 3.27. The van der Waals surface area contributed by atoms with Crippen LogP contribution in [-0.2, 0) is 26.7 Å². The Morgan fingerprint density at radius 2 is 1.63 bits per heavy atom. The van der Waals surface area contributed by atoms with Gasteiger partial charge < -0.3 is 15.5 Å². The normalized spacial score (nSPS) is 11.3. The molecule has 0 radical (unpaired) electrons. The van der Waals surface area contributed by atoms with Crippen molar-refractivity contribution in [1.82, 2.24) is 19.9 Å².